The molecule has 0 aromatic heterocycles. The van der Waals surface area contributed by atoms with E-state index in [1.54, 1.807) is 11.0 Å². The molecule has 0 heterocycles. The van der Waals surface area contributed by atoms with Gasteiger partial charge in [-0.05, 0) is 31.5 Å². The van der Waals surface area contributed by atoms with Crippen molar-refractivity contribution in [2.45, 2.75) is 26.8 Å². The van der Waals surface area contributed by atoms with Crippen LogP contribution in [-0.2, 0) is 11.3 Å². The van der Waals surface area contributed by atoms with E-state index in [0.717, 1.165) is 5.56 Å². The van der Waals surface area contributed by atoms with Crippen molar-refractivity contribution in [2.75, 3.05) is 13.1 Å². The molecule has 0 spiro atoms. The zero-order chi connectivity index (χ0) is 14.3. The zero-order valence-electron chi connectivity index (χ0n) is 11.6. The Kier molecular flexibility index (Phi) is 6.04. The molecule has 0 aliphatic carbocycles. The Morgan fingerprint density at radius 2 is 2.16 bits per heavy atom. The maximum absolute atomic E-state index is 12.3. The molecule has 1 atom stereocenters. The van der Waals surface area contributed by atoms with Crippen LogP contribution in [0.5, 0.6) is 0 Å². The Balaban J connectivity index is 2.82. The van der Waals surface area contributed by atoms with Crippen molar-refractivity contribution in [2.24, 2.45) is 11.7 Å². The first kappa shape index (κ1) is 15.2. The fourth-order valence-electron chi connectivity index (χ4n) is 2.00. The second kappa shape index (κ2) is 7.55. The minimum Gasteiger partial charge on any atom is -0.338 e. The molecule has 0 bridgehead atoms. The number of carbonyl (C=O) groups is 1. The normalized spacial score (nSPS) is 11.7. The molecular weight excluding hydrogens is 238 g/mol. The molecule has 0 aliphatic rings. The van der Waals surface area contributed by atoms with Crippen LogP contribution in [0.4, 0.5) is 0 Å². The van der Waals surface area contributed by atoms with Crippen molar-refractivity contribution < 1.29 is 4.79 Å². The average molecular weight is 259 g/mol. The van der Waals surface area contributed by atoms with E-state index in [-0.39, 0.29) is 11.8 Å². The minimum atomic E-state index is -0.0702. The smallest absolute Gasteiger partial charge is 0.225 e. The first-order valence-electron chi connectivity index (χ1n) is 6.60. The van der Waals surface area contributed by atoms with Gasteiger partial charge in [-0.1, -0.05) is 25.1 Å². The number of hydrogen-bond acceptors (Lipinski definition) is 3. The summed E-state index contributed by atoms with van der Waals surface area (Å²) in [4.78, 5) is 14.0. The summed E-state index contributed by atoms with van der Waals surface area (Å²) in [6.07, 6.45) is 0.690. The minimum absolute atomic E-state index is 0.0702. The van der Waals surface area contributed by atoms with Gasteiger partial charge >= 0.3 is 0 Å². The first-order valence-corrected chi connectivity index (χ1v) is 6.60. The number of nitrogens with two attached hydrogens (primary N) is 1. The standard InChI is InChI=1S/C15H21N3O/c1-3-18(15(19)12(2)8-9-16)11-14-7-5-4-6-13(14)10-17/h4-7,12H,3,8-9,11,16H2,1-2H3. The van der Waals surface area contributed by atoms with Crippen LogP contribution >= 0.6 is 0 Å². The van der Waals surface area contributed by atoms with E-state index in [2.05, 4.69) is 6.07 Å². The molecule has 19 heavy (non-hydrogen) atoms. The highest BCUT2D eigenvalue weighted by Crippen LogP contribution is 2.14. The third-order valence-electron chi connectivity index (χ3n) is 3.21. The largest absolute Gasteiger partial charge is 0.338 e. The van der Waals surface area contributed by atoms with E-state index >= 15 is 0 Å². The van der Waals surface area contributed by atoms with Gasteiger partial charge in [-0.15, -0.1) is 0 Å². The lowest BCUT2D eigenvalue weighted by Crippen LogP contribution is -2.35. The van der Waals surface area contributed by atoms with Crippen molar-refractivity contribution in [3.8, 4) is 6.07 Å². The number of nitrogens with zero attached hydrogens (tertiary/aromatic N) is 2. The van der Waals surface area contributed by atoms with Gasteiger partial charge in [0.2, 0.25) is 5.91 Å². The SMILES string of the molecule is CCN(Cc1ccccc1C#N)C(=O)C(C)CCN. The van der Waals surface area contributed by atoms with E-state index in [0.29, 0.717) is 31.6 Å². The number of amides is 1. The molecule has 0 radical (unpaired) electrons. The molecule has 102 valence electrons. The second-order valence-electron chi connectivity index (χ2n) is 4.60. The molecule has 1 aromatic rings. The lowest BCUT2D eigenvalue weighted by Gasteiger charge is -2.24. The van der Waals surface area contributed by atoms with Crippen LogP contribution in [0.2, 0.25) is 0 Å². The Morgan fingerprint density at radius 3 is 2.74 bits per heavy atom. The maximum atomic E-state index is 12.3. The monoisotopic (exact) mass is 259 g/mol. The summed E-state index contributed by atoms with van der Waals surface area (Å²) in [5.41, 5.74) is 7.01. The van der Waals surface area contributed by atoms with E-state index in [1.165, 1.54) is 0 Å². The van der Waals surface area contributed by atoms with Crippen LogP contribution in [0.3, 0.4) is 0 Å². The van der Waals surface area contributed by atoms with Gasteiger partial charge in [0.15, 0.2) is 0 Å². The van der Waals surface area contributed by atoms with Gasteiger partial charge in [0, 0.05) is 19.0 Å². The molecule has 0 saturated carbocycles. The number of hydrogen-bond donors (Lipinski definition) is 1. The summed E-state index contributed by atoms with van der Waals surface area (Å²) in [5.74, 6) is 0.0277. The molecule has 1 rings (SSSR count). The number of benzene rings is 1. The van der Waals surface area contributed by atoms with Crippen molar-refractivity contribution in [1.82, 2.24) is 4.90 Å². The van der Waals surface area contributed by atoms with Crippen LogP contribution in [0.1, 0.15) is 31.4 Å². The lowest BCUT2D eigenvalue weighted by molar-refractivity contribution is -0.135. The third-order valence-corrected chi connectivity index (χ3v) is 3.21. The molecule has 0 aliphatic heterocycles. The number of rotatable bonds is 6. The van der Waals surface area contributed by atoms with Crippen molar-refractivity contribution in [1.29, 1.82) is 5.26 Å². The van der Waals surface area contributed by atoms with Gasteiger partial charge in [0.05, 0.1) is 11.6 Å². The highest BCUT2D eigenvalue weighted by Gasteiger charge is 2.19. The zero-order valence-corrected chi connectivity index (χ0v) is 11.6. The average Bonchev–Trinajstić information content (AvgIpc) is 2.44. The molecule has 4 heteroatoms. The molecule has 4 nitrogen and oxygen atoms in total. The fraction of sp³-hybridized carbons (Fsp3) is 0.467. The van der Waals surface area contributed by atoms with Crippen LogP contribution < -0.4 is 5.73 Å². The van der Waals surface area contributed by atoms with Gasteiger partial charge in [-0.3, -0.25) is 4.79 Å². The number of nitriles is 1. The second-order valence-corrected chi connectivity index (χ2v) is 4.60. The summed E-state index contributed by atoms with van der Waals surface area (Å²) in [5, 5.41) is 9.07. The maximum Gasteiger partial charge on any atom is 0.225 e. The van der Waals surface area contributed by atoms with E-state index in [4.69, 9.17) is 11.0 Å². The summed E-state index contributed by atoms with van der Waals surface area (Å²) in [6, 6.07) is 9.54. The number of carbonyl (C=O) groups excluding carboxylic acids is 1. The van der Waals surface area contributed by atoms with Crippen LogP contribution in [0.25, 0.3) is 0 Å². The molecule has 1 unspecified atom stereocenters. The lowest BCUT2D eigenvalue weighted by atomic mass is 10.0. The molecule has 1 aromatic carbocycles. The molecule has 2 N–H and O–H groups in total. The van der Waals surface area contributed by atoms with Gasteiger partial charge in [-0.2, -0.15) is 5.26 Å². The van der Waals surface area contributed by atoms with E-state index in [9.17, 15) is 4.79 Å². The van der Waals surface area contributed by atoms with Gasteiger partial charge in [0.1, 0.15) is 0 Å². The van der Waals surface area contributed by atoms with Crippen molar-refractivity contribution in [3.63, 3.8) is 0 Å². The Morgan fingerprint density at radius 1 is 1.47 bits per heavy atom. The van der Waals surface area contributed by atoms with E-state index in [1.807, 2.05) is 32.0 Å². The molecule has 0 fully saturated rings. The summed E-state index contributed by atoms with van der Waals surface area (Å²) >= 11 is 0. The summed E-state index contributed by atoms with van der Waals surface area (Å²) in [7, 11) is 0. The predicted molar refractivity (Wildman–Crippen MR) is 75.1 cm³/mol. The van der Waals surface area contributed by atoms with Gasteiger partial charge in [-0.25, -0.2) is 0 Å². The van der Waals surface area contributed by atoms with Crippen molar-refractivity contribution >= 4 is 5.91 Å². The van der Waals surface area contributed by atoms with E-state index < -0.39 is 0 Å². The summed E-state index contributed by atoms with van der Waals surface area (Å²) < 4.78 is 0. The van der Waals surface area contributed by atoms with Crippen molar-refractivity contribution in [3.05, 3.63) is 35.4 Å². The Bertz CT molecular complexity index is 465. The molecular formula is C15H21N3O. The predicted octanol–water partition coefficient (Wildman–Crippen LogP) is 1.89. The summed E-state index contributed by atoms with van der Waals surface area (Å²) in [6.45, 7) is 5.47. The highest BCUT2D eigenvalue weighted by molar-refractivity contribution is 5.78. The Hall–Kier alpha value is -1.86. The molecule has 0 saturated heterocycles. The van der Waals surface area contributed by atoms with Crippen LogP contribution in [0.15, 0.2) is 24.3 Å². The van der Waals surface area contributed by atoms with Crippen LogP contribution in [-0.4, -0.2) is 23.9 Å². The molecule has 1 amide bonds. The Labute approximate surface area is 114 Å². The highest BCUT2D eigenvalue weighted by atomic mass is 16.2. The van der Waals surface area contributed by atoms with Gasteiger partial charge in [0.25, 0.3) is 0 Å². The first-order chi connectivity index (χ1) is 9.13. The third kappa shape index (κ3) is 4.08. The quantitative estimate of drug-likeness (QED) is 0.848. The van der Waals surface area contributed by atoms with Gasteiger partial charge < -0.3 is 10.6 Å². The topological polar surface area (TPSA) is 70.1 Å². The van der Waals surface area contributed by atoms with Crippen LogP contribution in [0, 0.1) is 17.2 Å². The fourth-order valence-corrected chi connectivity index (χ4v) is 2.00.